The quantitative estimate of drug-likeness (QED) is 0.0310. The fourth-order valence-electron chi connectivity index (χ4n) is 5.38. The highest BCUT2D eigenvalue weighted by atomic mass is 32.1. The largest absolute Gasteiger partial charge is 0.494 e. The maximum atomic E-state index is 13.2. The summed E-state index contributed by atoms with van der Waals surface area (Å²) in [6, 6.07) is 19.4. The number of fused-ring (bicyclic) bond motifs is 1. The second-order valence-electron chi connectivity index (χ2n) is 12.0. The van der Waals surface area contributed by atoms with Crippen LogP contribution in [0.2, 0.25) is 0 Å². The molecule has 0 bridgehead atoms. The van der Waals surface area contributed by atoms with Crippen LogP contribution in [0.25, 0.3) is 10.2 Å². The van der Waals surface area contributed by atoms with E-state index in [2.05, 4.69) is 29.0 Å². The number of anilines is 1. The number of thiazole rings is 1. The summed E-state index contributed by atoms with van der Waals surface area (Å²) in [4.78, 5) is 41.7. The van der Waals surface area contributed by atoms with Crippen LogP contribution in [-0.4, -0.2) is 42.3 Å². The minimum Gasteiger partial charge on any atom is -0.494 e. The summed E-state index contributed by atoms with van der Waals surface area (Å²) in [6.07, 6.45) is 9.82. The predicted octanol–water partition coefficient (Wildman–Crippen LogP) is 8.36. The van der Waals surface area contributed by atoms with Crippen molar-refractivity contribution in [1.29, 1.82) is 0 Å². The molecule has 49 heavy (non-hydrogen) atoms. The summed E-state index contributed by atoms with van der Waals surface area (Å²) in [5.41, 5.74) is 4.61. The third kappa shape index (κ3) is 10.7. The van der Waals surface area contributed by atoms with Gasteiger partial charge in [0.25, 0.3) is 0 Å². The van der Waals surface area contributed by atoms with Gasteiger partial charge in [0.1, 0.15) is 17.2 Å². The van der Waals surface area contributed by atoms with Gasteiger partial charge in [-0.2, -0.15) is 5.10 Å². The van der Waals surface area contributed by atoms with Crippen LogP contribution in [0.15, 0.2) is 84.5 Å². The highest BCUT2D eigenvalue weighted by molar-refractivity contribution is 7.22. The molecule has 0 radical (unpaired) electrons. The first-order valence-electron chi connectivity index (χ1n) is 16.6. The number of para-hydroxylation sites is 1. The number of rotatable bonds is 16. The Hall–Kier alpha value is -5.03. The second kappa shape index (κ2) is 17.9. The lowest BCUT2D eigenvalue weighted by atomic mass is 9.83. The van der Waals surface area contributed by atoms with Crippen LogP contribution >= 0.6 is 11.3 Å². The van der Waals surface area contributed by atoms with Crippen molar-refractivity contribution in [2.75, 3.05) is 18.6 Å². The van der Waals surface area contributed by atoms with E-state index in [-0.39, 0.29) is 17.6 Å². The van der Waals surface area contributed by atoms with Gasteiger partial charge in [-0.05, 0) is 112 Å². The zero-order valence-corrected chi connectivity index (χ0v) is 28.4. The molecule has 1 saturated carbocycles. The first-order chi connectivity index (χ1) is 23.9. The maximum absolute atomic E-state index is 13.2. The van der Waals surface area contributed by atoms with Crippen molar-refractivity contribution in [2.24, 2.45) is 16.9 Å². The Kier molecular flexibility index (Phi) is 12.9. The van der Waals surface area contributed by atoms with E-state index in [1.165, 1.54) is 17.6 Å². The number of hydrazone groups is 1. The van der Waals surface area contributed by atoms with Gasteiger partial charge in [0.05, 0.1) is 41.1 Å². The van der Waals surface area contributed by atoms with E-state index >= 15 is 0 Å². The molecule has 1 fully saturated rings. The summed E-state index contributed by atoms with van der Waals surface area (Å²) in [7, 11) is 0. The van der Waals surface area contributed by atoms with Crippen LogP contribution in [0.4, 0.5) is 5.13 Å². The summed E-state index contributed by atoms with van der Waals surface area (Å²) in [5.74, 6) is 0.534. The summed E-state index contributed by atoms with van der Waals surface area (Å²) in [6.45, 7) is 6.50. The standard InChI is InChI=1S/C38H41N3O7S/c1-3-35(42)46-23-9-5-4-8-22-45-30-18-16-28(17-19-30)37(44)48-33-21-20-31(47-36(43)27-14-12-26(2)13-15-27)24-29(33)25-39-41-38-40-32-10-6-7-11-34(32)49-38/h3,6-7,10-11,16-21,24-27H,1,4-5,8-9,12-15,22-23H2,2H3,(H,40,41). The van der Waals surface area contributed by atoms with Gasteiger partial charge in [0.2, 0.25) is 5.13 Å². The van der Waals surface area contributed by atoms with Gasteiger partial charge in [0.15, 0.2) is 0 Å². The van der Waals surface area contributed by atoms with Crippen molar-refractivity contribution in [2.45, 2.75) is 58.3 Å². The molecule has 1 aliphatic rings. The predicted molar refractivity (Wildman–Crippen MR) is 191 cm³/mol. The zero-order chi connectivity index (χ0) is 34.4. The number of aromatic nitrogens is 1. The van der Waals surface area contributed by atoms with Crippen LogP contribution in [0.5, 0.6) is 17.2 Å². The molecule has 0 amide bonds. The van der Waals surface area contributed by atoms with Crippen molar-refractivity contribution in [3.8, 4) is 17.2 Å². The minimum absolute atomic E-state index is 0.126. The molecule has 1 N–H and O–H groups in total. The molecule has 10 nitrogen and oxygen atoms in total. The number of carbonyl (C=O) groups is 3. The van der Waals surface area contributed by atoms with E-state index in [0.717, 1.165) is 67.7 Å². The minimum atomic E-state index is -0.557. The van der Waals surface area contributed by atoms with E-state index in [1.54, 1.807) is 42.5 Å². The van der Waals surface area contributed by atoms with E-state index in [0.29, 0.717) is 46.9 Å². The van der Waals surface area contributed by atoms with Crippen LogP contribution in [-0.2, 0) is 14.3 Å². The molecule has 1 aromatic heterocycles. The van der Waals surface area contributed by atoms with Crippen molar-refractivity contribution >= 4 is 50.8 Å². The molecule has 256 valence electrons. The number of esters is 3. The average molecular weight is 684 g/mol. The van der Waals surface area contributed by atoms with Gasteiger partial charge >= 0.3 is 17.9 Å². The normalized spacial score (nSPS) is 15.9. The van der Waals surface area contributed by atoms with E-state index in [1.807, 2.05) is 24.3 Å². The monoisotopic (exact) mass is 683 g/mol. The lowest BCUT2D eigenvalue weighted by molar-refractivity contribution is -0.140. The topological polar surface area (TPSA) is 125 Å². The molecule has 5 rings (SSSR count). The van der Waals surface area contributed by atoms with Crippen molar-refractivity contribution in [1.82, 2.24) is 4.98 Å². The fourth-order valence-corrected chi connectivity index (χ4v) is 6.20. The highest BCUT2D eigenvalue weighted by Crippen LogP contribution is 2.31. The third-order valence-electron chi connectivity index (χ3n) is 8.22. The van der Waals surface area contributed by atoms with Crippen LogP contribution in [0.3, 0.4) is 0 Å². The van der Waals surface area contributed by atoms with Gasteiger partial charge in [-0.1, -0.05) is 37.0 Å². The van der Waals surface area contributed by atoms with Gasteiger partial charge in [-0.15, -0.1) is 0 Å². The van der Waals surface area contributed by atoms with Gasteiger partial charge in [0, 0.05) is 11.6 Å². The van der Waals surface area contributed by atoms with Crippen LogP contribution in [0, 0.1) is 11.8 Å². The molecule has 1 heterocycles. The Bertz CT molecular complexity index is 1730. The molecule has 4 aromatic rings. The van der Waals surface area contributed by atoms with Gasteiger partial charge < -0.3 is 18.9 Å². The highest BCUT2D eigenvalue weighted by Gasteiger charge is 2.26. The molecule has 0 atom stereocenters. The summed E-state index contributed by atoms with van der Waals surface area (Å²) in [5, 5.41) is 4.96. The number of ether oxygens (including phenoxy) is 4. The molecular formula is C38H41N3O7S. The number of unbranched alkanes of at least 4 members (excludes halogenated alkanes) is 3. The number of carbonyl (C=O) groups excluding carboxylic acids is 3. The first kappa shape index (κ1) is 35.3. The molecule has 1 aliphatic carbocycles. The molecule has 0 unspecified atom stereocenters. The third-order valence-corrected chi connectivity index (χ3v) is 9.16. The Morgan fingerprint density at radius 2 is 1.65 bits per heavy atom. The van der Waals surface area contributed by atoms with Gasteiger partial charge in [-0.25, -0.2) is 14.6 Å². The molecular weight excluding hydrogens is 642 g/mol. The Morgan fingerprint density at radius 3 is 2.41 bits per heavy atom. The van der Waals surface area contributed by atoms with E-state index in [4.69, 9.17) is 18.9 Å². The molecule has 0 spiro atoms. The maximum Gasteiger partial charge on any atom is 0.343 e. The zero-order valence-electron chi connectivity index (χ0n) is 27.6. The smallest absolute Gasteiger partial charge is 0.343 e. The van der Waals surface area contributed by atoms with E-state index in [9.17, 15) is 14.4 Å². The van der Waals surface area contributed by atoms with Crippen LogP contribution < -0.4 is 19.6 Å². The van der Waals surface area contributed by atoms with Crippen molar-refractivity contribution in [3.05, 3.63) is 90.5 Å². The Balaban J connectivity index is 1.19. The molecule has 3 aromatic carbocycles. The Morgan fingerprint density at radius 1 is 0.918 bits per heavy atom. The first-order valence-corrected chi connectivity index (χ1v) is 17.4. The lowest BCUT2D eigenvalue weighted by Gasteiger charge is -2.24. The lowest BCUT2D eigenvalue weighted by Crippen LogP contribution is -2.25. The SMILES string of the molecule is C=CC(=O)OCCCCCCOc1ccc(C(=O)Oc2ccc(OC(=O)C3CCC(C)CC3)cc2C=NNc2nc3ccccc3s2)cc1. The number of benzene rings is 3. The van der Waals surface area contributed by atoms with Crippen LogP contribution in [0.1, 0.15) is 74.2 Å². The van der Waals surface area contributed by atoms with E-state index < -0.39 is 11.9 Å². The summed E-state index contributed by atoms with van der Waals surface area (Å²) >= 11 is 1.47. The number of nitrogens with zero attached hydrogens (tertiary/aromatic N) is 2. The average Bonchev–Trinajstić information content (AvgIpc) is 3.53. The molecule has 0 aliphatic heterocycles. The van der Waals surface area contributed by atoms with Crippen molar-refractivity contribution in [3.63, 3.8) is 0 Å². The Labute approximate surface area is 290 Å². The van der Waals surface area contributed by atoms with Crippen molar-refractivity contribution < 1.29 is 33.3 Å². The second-order valence-corrected chi connectivity index (χ2v) is 13.0. The number of hydrogen-bond acceptors (Lipinski definition) is 11. The fraction of sp³-hybridized carbons (Fsp3) is 0.342. The number of hydrogen-bond donors (Lipinski definition) is 1. The molecule has 11 heteroatoms. The summed E-state index contributed by atoms with van der Waals surface area (Å²) < 4.78 is 23.4. The van der Waals surface area contributed by atoms with Gasteiger partial charge in [-0.3, -0.25) is 10.2 Å². The number of nitrogens with one attached hydrogen (secondary N) is 1. The molecule has 0 saturated heterocycles.